The molecule has 0 aliphatic carbocycles. The Morgan fingerprint density at radius 2 is 1.88 bits per heavy atom. The van der Waals surface area contributed by atoms with Gasteiger partial charge in [0.05, 0.1) is 10.7 Å². The molecule has 1 aromatic carbocycles. The van der Waals surface area contributed by atoms with Crippen LogP contribution in [0.4, 0.5) is 10.6 Å². The van der Waals surface area contributed by atoms with Crippen molar-refractivity contribution in [3.63, 3.8) is 0 Å². The quantitative estimate of drug-likeness (QED) is 0.608. The third kappa shape index (κ3) is 6.59. The molecule has 0 bridgehead atoms. The summed E-state index contributed by atoms with van der Waals surface area (Å²) in [5.74, 6) is 0.763. The molecule has 1 saturated heterocycles. The summed E-state index contributed by atoms with van der Waals surface area (Å²) in [6.07, 6.45) is 2.48. The normalized spacial score (nSPS) is 14.9. The molecule has 2 aromatic rings. The van der Waals surface area contributed by atoms with Crippen LogP contribution in [0.5, 0.6) is 0 Å². The van der Waals surface area contributed by atoms with Gasteiger partial charge < -0.3 is 20.0 Å². The Labute approximate surface area is 207 Å². The minimum absolute atomic E-state index is 0.00353. The standard InChI is InChI=1S/C25H35ClN6O2/c1-4-13-27-25(34)32(19(3)5-2)18-24(33)31-15-8-14-30(16-17-31)23-12-11-22(28-29-23)20-9-6-7-10-21(20)26/h6-7,9-12,19H,4-5,8,13-18H2,1-3H3,(H,27,34). The van der Waals surface area contributed by atoms with Gasteiger partial charge in [0, 0.05) is 44.3 Å². The van der Waals surface area contributed by atoms with E-state index >= 15 is 0 Å². The largest absolute Gasteiger partial charge is 0.353 e. The first-order valence-electron chi connectivity index (χ1n) is 12.1. The van der Waals surface area contributed by atoms with Crippen LogP contribution < -0.4 is 10.2 Å². The lowest BCUT2D eigenvalue weighted by molar-refractivity contribution is -0.132. The van der Waals surface area contributed by atoms with Crippen molar-refractivity contribution in [2.45, 2.75) is 46.1 Å². The molecule has 1 fully saturated rings. The maximum absolute atomic E-state index is 13.1. The third-order valence-electron chi connectivity index (χ3n) is 6.19. The van der Waals surface area contributed by atoms with Gasteiger partial charge in [0.25, 0.3) is 0 Å². The van der Waals surface area contributed by atoms with E-state index in [9.17, 15) is 9.59 Å². The van der Waals surface area contributed by atoms with Gasteiger partial charge in [0.15, 0.2) is 5.82 Å². The Morgan fingerprint density at radius 3 is 2.56 bits per heavy atom. The molecule has 34 heavy (non-hydrogen) atoms. The summed E-state index contributed by atoms with van der Waals surface area (Å²) in [4.78, 5) is 31.3. The zero-order valence-electron chi connectivity index (χ0n) is 20.3. The van der Waals surface area contributed by atoms with Gasteiger partial charge in [-0.05, 0) is 44.4 Å². The molecule has 2 heterocycles. The molecule has 1 aliphatic heterocycles. The van der Waals surface area contributed by atoms with E-state index in [4.69, 9.17) is 11.6 Å². The molecule has 184 valence electrons. The lowest BCUT2D eigenvalue weighted by Gasteiger charge is -2.31. The lowest BCUT2D eigenvalue weighted by atomic mass is 10.1. The van der Waals surface area contributed by atoms with E-state index in [1.165, 1.54) is 0 Å². The fourth-order valence-corrected chi connectivity index (χ4v) is 4.16. The number of nitrogens with one attached hydrogen (secondary N) is 1. The van der Waals surface area contributed by atoms with Crippen LogP contribution in [-0.4, -0.2) is 77.2 Å². The lowest BCUT2D eigenvalue weighted by Crippen LogP contribution is -2.50. The topological polar surface area (TPSA) is 81.7 Å². The zero-order chi connectivity index (χ0) is 24.5. The van der Waals surface area contributed by atoms with Crippen LogP contribution in [0, 0.1) is 0 Å². The number of anilines is 1. The highest BCUT2D eigenvalue weighted by molar-refractivity contribution is 6.33. The molecule has 1 N–H and O–H groups in total. The molecule has 9 heteroatoms. The number of hydrogen-bond acceptors (Lipinski definition) is 5. The van der Waals surface area contributed by atoms with Crippen molar-refractivity contribution in [1.29, 1.82) is 0 Å². The van der Waals surface area contributed by atoms with Gasteiger partial charge in [0.2, 0.25) is 5.91 Å². The first kappa shape index (κ1) is 25.7. The van der Waals surface area contributed by atoms with Crippen LogP contribution >= 0.6 is 11.6 Å². The maximum Gasteiger partial charge on any atom is 0.318 e. The third-order valence-corrected chi connectivity index (χ3v) is 6.52. The van der Waals surface area contributed by atoms with Gasteiger partial charge in [-0.25, -0.2) is 4.79 Å². The molecule has 0 radical (unpaired) electrons. The van der Waals surface area contributed by atoms with Gasteiger partial charge in [-0.15, -0.1) is 10.2 Å². The summed E-state index contributed by atoms with van der Waals surface area (Å²) in [6, 6.07) is 11.3. The molecule has 1 aromatic heterocycles. The summed E-state index contributed by atoms with van der Waals surface area (Å²) in [5, 5.41) is 12.3. The van der Waals surface area contributed by atoms with Gasteiger partial charge in [-0.2, -0.15) is 0 Å². The fourth-order valence-electron chi connectivity index (χ4n) is 3.93. The second-order valence-electron chi connectivity index (χ2n) is 8.60. The van der Waals surface area contributed by atoms with E-state index in [1.54, 1.807) is 4.90 Å². The van der Waals surface area contributed by atoms with Crippen LogP contribution in [0.15, 0.2) is 36.4 Å². The molecular weight excluding hydrogens is 452 g/mol. The van der Waals surface area contributed by atoms with Gasteiger partial charge in [0.1, 0.15) is 6.54 Å². The summed E-state index contributed by atoms with van der Waals surface area (Å²) in [7, 11) is 0. The molecule has 0 spiro atoms. The Kier molecular flexibility index (Phi) is 9.51. The van der Waals surface area contributed by atoms with Crippen molar-refractivity contribution in [2.75, 3.05) is 44.2 Å². The van der Waals surface area contributed by atoms with E-state index in [0.29, 0.717) is 31.2 Å². The second-order valence-corrected chi connectivity index (χ2v) is 9.00. The minimum Gasteiger partial charge on any atom is -0.353 e. The number of nitrogens with zero attached hydrogens (tertiary/aromatic N) is 5. The SMILES string of the molecule is CCCNC(=O)N(CC(=O)N1CCCN(c2ccc(-c3ccccc3Cl)nn2)CC1)C(C)CC. The highest BCUT2D eigenvalue weighted by Crippen LogP contribution is 2.26. The Balaban J connectivity index is 1.61. The van der Waals surface area contributed by atoms with Crippen molar-refractivity contribution >= 4 is 29.4 Å². The number of halogens is 1. The van der Waals surface area contributed by atoms with E-state index in [-0.39, 0.29) is 24.5 Å². The van der Waals surface area contributed by atoms with Crippen molar-refractivity contribution in [2.24, 2.45) is 0 Å². The Bertz CT molecular complexity index is 955. The Morgan fingerprint density at radius 1 is 1.09 bits per heavy atom. The van der Waals surface area contributed by atoms with Crippen molar-refractivity contribution < 1.29 is 9.59 Å². The number of hydrogen-bond donors (Lipinski definition) is 1. The van der Waals surface area contributed by atoms with E-state index in [1.807, 2.05) is 62.1 Å². The first-order valence-corrected chi connectivity index (χ1v) is 12.5. The molecule has 3 amide bonds. The highest BCUT2D eigenvalue weighted by Gasteiger charge is 2.26. The Hall–Kier alpha value is -2.87. The number of amides is 3. The molecule has 1 aliphatic rings. The molecule has 1 atom stereocenters. The average molecular weight is 487 g/mol. The van der Waals surface area contributed by atoms with Crippen LogP contribution in [0.3, 0.4) is 0 Å². The van der Waals surface area contributed by atoms with Crippen molar-refractivity contribution in [3.05, 3.63) is 41.4 Å². The predicted octanol–water partition coefficient (Wildman–Crippen LogP) is 4.06. The molecule has 8 nitrogen and oxygen atoms in total. The van der Waals surface area contributed by atoms with Crippen LogP contribution in [0.1, 0.15) is 40.0 Å². The summed E-state index contributed by atoms with van der Waals surface area (Å²) >= 11 is 6.28. The van der Waals surface area contributed by atoms with E-state index < -0.39 is 0 Å². The molecule has 3 rings (SSSR count). The number of carbonyl (C=O) groups is 2. The summed E-state index contributed by atoms with van der Waals surface area (Å²) in [5.41, 5.74) is 1.58. The van der Waals surface area contributed by atoms with Gasteiger partial charge >= 0.3 is 6.03 Å². The summed E-state index contributed by atoms with van der Waals surface area (Å²) in [6.45, 7) is 9.41. The highest BCUT2D eigenvalue weighted by atomic mass is 35.5. The van der Waals surface area contributed by atoms with Crippen LogP contribution in [0.25, 0.3) is 11.3 Å². The number of rotatable bonds is 8. The second kappa shape index (κ2) is 12.6. The van der Waals surface area contributed by atoms with E-state index in [2.05, 4.69) is 20.4 Å². The zero-order valence-corrected chi connectivity index (χ0v) is 21.1. The number of urea groups is 1. The number of benzene rings is 1. The molecular formula is C25H35ClN6O2. The molecule has 1 unspecified atom stereocenters. The van der Waals surface area contributed by atoms with Crippen LogP contribution in [-0.2, 0) is 4.79 Å². The monoisotopic (exact) mass is 486 g/mol. The van der Waals surface area contributed by atoms with Gasteiger partial charge in [-0.3, -0.25) is 4.79 Å². The minimum atomic E-state index is -0.171. The first-order chi connectivity index (χ1) is 16.4. The smallest absolute Gasteiger partial charge is 0.318 e. The van der Waals surface area contributed by atoms with Crippen LogP contribution in [0.2, 0.25) is 5.02 Å². The summed E-state index contributed by atoms with van der Waals surface area (Å²) < 4.78 is 0. The average Bonchev–Trinajstić information content (AvgIpc) is 3.12. The fraction of sp³-hybridized carbons (Fsp3) is 0.520. The van der Waals surface area contributed by atoms with E-state index in [0.717, 1.165) is 42.9 Å². The van der Waals surface area contributed by atoms with Crippen molar-refractivity contribution in [3.8, 4) is 11.3 Å². The maximum atomic E-state index is 13.1. The number of aromatic nitrogens is 2. The number of carbonyl (C=O) groups excluding carboxylic acids is 2. The van der Waals surface area contributed by atoms with Gasteiger partial charge in [-0.1, -0.05) is 43.6 Å². The molecule has 0 saturated carbocycles. The van der Waals surface area contributed by atoms with Crippen molar-refractivity contribution in [1.82, 2.24) is 25.3 Å². The predicted molar refractivity (Wildman–Crippen MR) is 136 cm³/mol.